The molecule has 0 radical (unpaired) electrons. The van der Waals surface area contributed by atoms with Crippen molar-refractivity contribution >= 4 is 23.1 Å². The molecule has 0 atom stereocenters. The minimum Gasteiger partial charge on any atom is -0.348 e. The van der Waals surface area contributed by atoms with Crippen molar-refractivity contribution in [1.29, 1.82) is 0 Å². The average Bonchev–Trinajstić information content (AvgIpc) is 2.14. The van der Waals surface area contributed by atoms with Gasteiger partial charge in [0.2, 0.25) is 5.82 Å². The summed E-state index contributed by atoms with van der Waals surface area (Å²) < 4.78 is 0. The Labute approximate surface area is 97.4 Å². The normalized spacial score (nSPS) is 15.6. The number of hydrogen-bond donors (Lipinski definition) is 1. The van der Waals surface area contributed by atoms with Gasteiger partial charge in [-0.05, 0) is 0 Å². The molecule has 1 aliphatic rings. The summed E-state index contributed by atoms with van der Waals surface area (Å²) in [6, 6.07) is 1.58. The Morgan fingerprint density at radius 3 is 2.88 bits per heavy atom. The maximum absolute atomic E-state index is 10.9. The second-order valence-corrected chi connectivity index (χ2v) is 4.11. The Hall–Kier alpha value is -1.40. The van der Waals surface area contributed by atoms with Crippen LogP contribution in [0.1, 0.15) is 0 Å². The van der Waals surface area contributed by atoms with Gasteiger partial charge in [-0.2, -0.15) is 0 Å². The summed E-state index contributed by atoms with van der Waals surface area (Å²) in [4.78, 5) is 16.2. The summed E-state index contributed by atoms with van der Waals surface area (Å²) in [6.45, 7) is 1.63. The van der Waals surface area contributed by atoms with Gasteiger partial charge in [-0.1, -0.05) is 11.6 Å². The van der Waals surface area contributed by atoms with Crippen LogP contribution < -0.4 is 10.2 Å². The van der Waals surface area contributed by atoms with E-state index in [2.05, 4.69) is 10.3 Å². The summed E-state index contributed by atoms with van der Waals surface area (Å²) in [7, 11) is 1.80. The maximum Gasteiger partial charge on any atom is 0.313 e. The van der Waals surface area contributed by atoms with Crippen LogP contribution in [0.5, 0.6) is 0 Å². The number of nitrogens with one attached hydrogen (secondary N) is 1. The smallest absolute Gasteiger partial charge is 0.313 e. The summed E-state index contributed by atoms with van der Waals surface area (Å²) in [5.74, 6) is 0.362. The monoisotopic (exact) mass is 242 g/mol. The van der Waals surface area contributed by atoms with Crippen LogP contribution in [0.15, 0.2) is 12.3 Å². The molecule has 0 saturated carbocycles. The SMILES string of the molecule is CN(c1ncc(Cl)cc1[N+](=O)[O-])C1CNC1. The first-order chi connectivity index (χ1) is 7.59. The van der Waals surface area contributed by atoms with E-state index in [0.29, 0.717) is 5.82 Å². The summed E-state index contributed by atoms with van der Waals surface area (Å²) >= 11 is 5.70. The highest BCUT2D eigenvalue weighted by atomic mass is 35.5. The van der Waals surface area contributed by atoms with E-state index in [1.807, 2.05) is 4.90 Å². The molecule has 2 heterocycles. The molecule has 1 aromatic heterocycles. The number of nitro groups is 1. The Kier molecular flexibility index (Phi) is 2.93. The highest BCUT2D eigenvalue weighted by Gasteiger charge is 2.28. The predicted octanol–water partition coefficient (Wildman–Crippen LogP) is 1.05. The Bertz CT molecular complexity index is 422. The maximum atomic E-state index is 10.9. The van der Waals surface area contributed by atoms with E-state index < -0.39 is 4.92 Å². The van der Waals surface area contributed by atoms with E-state index in [1.165, 1.54) is 12.3 Å². The van der Waals surface area contributed by atoms with Crippen molar-refractivity contribution in [2.45, 2.75) is 6.04 Å². The zero-order chi connectivity index (χ0) is 11.7. The lowest BCUT2D eigenvalue weighted by atomic mass is 10.1. The van der Waals surface area contributed by atoms with Crippen LogP contribution in [0, 0.1) is 10.1 Å². The standard InChI is InChI=1S/C9H11ClN4O2/c1-13(7-4-11-5-7)9-8(14(15)16)2-6(10)3-12-9/h2-3,7,11H,4-5H2,1H3. The van der Waals surface area contributed by atoms with Crippen LogP contribution >= 0.6 is 11.6 Å². The second kappa shape index (κ2) is 4.23. The molecule has 0 aliphatic carbocycles. The molecule has 2 rings (SSSR count). The lowest BCUT2D eigenvalue weighted by Crippen LogP contribution is -2.56. The molecule has 0 spiro atoms. The predicted molar refractivity (Wildman–Crippen MR) is 61.0 cm³/mol. The van der Waals surface area contributed by atoms with Crippen LogP contribution in [-0.2, 0) is 0 Å². The molecular formula is C9H11ClN4O2. The molecule has 0 amide bonds. The summed E-state index contributed by atoms with van der Waals surface area (Å²) in [5.41, 5.74) is -0.0538. The molecular weight excluding hydrogens is 232 g/mol. The van der Waals surface area contributed by atoms with Gasteiger partial charge in [-0.15, -0.1) is 0 Å². The fourth-order valence-electron chi connectivity index (χ4n) is 1.55. The van der Waals surface area contributed by atoms with Crippen molar-refractivity contribution in [3.05, 3.63) is 27.4 Å². The van der Waals surface area contributed by atoms with Gasteiger partial charge < -0.3 is 10.2 Å². The number of likely N-dealkylation sites (N-methyl/N-ethyl adjacent to an activating group) is 1. The largest absolute Gasteiger partial charge is 0.348 e. The Morgan fingerprint density at radius 2 is 2.38 bits per heavy atom. The number of nitrogens with zero attached hydrogens (tertiary/aromatic N) is 3. The summed E-state index contributed by atoms with van der Waals surface area (Å²) in [5, 5.41) is 14.3. The van der Waals surface area contributed by atoms with E-state index in [-0.39, 0.29) is 16.8 Å². The first-order valence-corrected chi connectivity index (χ1v) is 5.21. The molecule has 1 saturated heterocycles. The lowest BCUT2D eigenvalue weighted by molar-refractivity contribution is -0.384. The molecule has 1 aliphatic heterocycles. The molecule has 0 aromatic carbocycles. The third-order valence-corrected chi connectivity index (χ3v) is 2.86. The van der Waals surface area contributed by atoms with Crippen molar-refractivity contribution in [2.75, 3.05) is 25.0 Å². The molecule has 0 bridgehead atoms. The lowest BCUT2D eigenvalue weighted by Gasteiger charge is -2.35. The molecule has 1 N–H and O–H groups in total. The molecule has 1 aromatic rings. The van der Waals surface area contributed by atoms with Gasteiger partial charge in [0, 0.05) is 32.4 Å². The molecule has 16 heavy (non-hydrogen) atoms. The first kappa shape index (κ1) is 11.1. The van der Waals surface area contributed by atoms with Crippen molar-refractivity contribution < 1.29 is 4.92 Å². The third kappa shape index (κ3) is 1.94. The van der Waals surface area contributed by atoms with E-state index in [0.717, 1.165) is 13.1 Å². The van der Waals surface area contributed by atoms with Gasteiger partial charge in [0.05, 0.1) is 16.0 Å². The van der Waals surface area contributed by atoms with Crippen molar-refractivity contribution in [3.8, 4) is 0 Å². The van der Waals surface area contributed by atoms with Crippen LogP contribution in [0.4, 0.5) is 11.5 Å². The molecule has 7 heteroatoms. The second-order valence-electron chi connectivity index (χ2n) is 3.68. The number of aromatic nitrogens is 1. The van der Waals surface area contributed by atoms with Gasteiger partial charge >= 0.3 is 5.69 Å². The minimum atomic E-state index is -0.462. The van der Waals surface area contributed by atoms with Gasteiger partial charge in [-0.25, -0.2) is 4.98 Å². The number of pyridine rings is 1. The van der Waals surface area contributed by atoms with Gasteiger partial charge in [-0.3, -0.25) is 10.1 Å². The number of hydrogen-bond acceptors (Lipinski definition) is 5. The fourth-order valence-corrected chi connectivity index (χ4v) is 1.70. The van der Waals surface area contributed by atoms with Crippen LogP contribution in [0.3, 0.4) is 0 Å². The number of halogens is 1. The quantitative estimate of drug-likeness (QED) is 0.634. The number of anilines is 1. The zero-order valence-electron chi connectivity index (χ0n) is 8.68. The van der Waals surface area contributed by atoms with Crippen LogP contribution in [-0.4, -0.2) is 36.1 Å². The van der Waals surface area contributed by atoms with Crippen molar-refractivity contribution in [1.82, 2.24) is 10.3 Å². The Balaban J connectivity index is 2.34. The van der Waals surface area contributed by atoms with E-state index in [4.69, 9.17) is 11.6 Å². The van der Waals surface area contributed by atoms with E-state index in [9.17, 15) is 10.1 Å². The van der Waals surface area contributed by atoms with Crippen LogP contribution in [0.25, 0.3) is 0 Å². The van der Waals surface area contributed by atoms with Crippen molar-refractivity contribution in [3.63, 3.8) is 0 Å². The zero-order valence-corrected chi connectivity index (χ0v) is 9.44. The van der Waals surface area contributed by atoms with Crippen LogP contribution in [0.2, 0.25) is 5.02 Å². The third-order valence-electron chi connectivity index (χ3n) is 2.65. The number of rotatable bonds is 3. The Morgan fingerprint density at radius 1 is 1.69 bits per heavy atom. The molecule has 1 fully saturated rings. The molecule has 6 nitrogen and oxygen atoms in total. The van der Waals surface area contributed by atoms with Crippen molar-refractivity contribution in [2.24, 2.45) is 0 Å². The van der Waals surface area contributed by atoms with Gasteiger partial charge in [0.15, 0.2) is 0 Å². The van der Waals surface area contributed by atoms with Gasteiger partial charge in [0.1, 0.15) is 0 Å². The fraction of sp³-hybridized carbons (Fsp3) is 0.444. The van der Waals surface area contributed by atoms with E-state index in [1.54, 1.807) is 7.05 Å². The highest BCUT2D eigenvalue weighted by Crippen LogP contribution is 2.29. The summed E-state index contributed by atoms with van der Waals surface area (Å²) in [6.07, 6.45) is 1.42. The van der Waals surface area contributed by atoms with Gasteiger partial charge in [0.25, 0.3) is 0 Å². The molecule has 0 unspecified atom stereocenters. The average molecular weight is 243 g/mol. The minimum absolute atomic E-state index is 0.0538. The first-order valence-electron chi connectivity index (χ1n) is 4.83. The molecule has 86 valence electrons. The topological polar surface area (TPSA) is 71.3 Å². The highest BCUT2D eigenvalue weighted by molar-refractivity contribution is 6.30. The van der Waals surface area contributed by atoms with E-state index >= 15 is 0 Å².